The van der Waals surface area contributed by atoms with Crippen LogP contribution in [0.1, 0.15) is 56.1 Å². The number of amides is 2. The summed E-state index contributed by atoms with van der Waals surface area (Å²) in [6.45, 7) is 7.54. The van der Waals surface area contributed by atoms with Crippen molar-refractivity contribution in [2.45, 2.75) is 39.8 Å². The van der Waals surface area contributed by atoms with Gasteiger partial charge >= 0.3 is 0 Å². The Morgan fingerprint density at radius 3 is 2.47 bits per heavy atom. The molecule has 7 nitrogen and oxygen atoms in total. The third-order valence-electron chi connectivity index (χ3n) is 5.11. The Morgan fingerprint density at radius 2 is 1.73 bits per heavy atom. The van der Waals surface area contributed by atoms with E-state index in [1.807, 2.05) is 55.5 Å². The van der Waals surface area contributed by atoms with Gasteiger partial charge in [-0.2, -0.15) is 0 Å². The maximum absolute atomic E-state index is 13.2. The Morgan fingerprint density at radius 1 is 1.03 bits per heavy atom. The molecule has 0 aliphatic heterocycles. The van der Waals surface area contributed by atoms with Crippen LogP contribution in [0.2, 0.25) is 0 Å². The summed E-state index contributed by atoms with van der Waals surface area (Å²) in [5.41, 5.74) is 3.53. The van der Waals surface area contributed by atoms with E-state index in [9.17, 15) is 9.59 Å². The van der Waals surface area contributed by atoms with Crippen LogP contribution in [0, 0.1) is 0 Å². The molecule has 0 saturated heterocycles. The van der Waals surface area contributed by atoms with Crippen molar-refractivity contribution in [2.75, 3.05) is 5.32 Å². The summed E-state index contributed by atoms with van der Waals surface area (Å²) in [4.78, 5) is 32.8. The summed E-state index contributed by atoms with van der Waals surface area (Å²) in [5.74, 6) is 0.255. The van der Waals surface area contributed by atoms with Crippen molar-refractivity contribution in [2.24, 2.45) is 0 Å². The predicted octanol–water partition coefficient (Wildman–Crippen LogP) is 4.55. The van der Waals surface area contributed by atoms with Gasteiger partial charge in [0.1, 0.15) is 11.5 Å². The highest BCUT2D eigenvalue weighted by Crippen LogP contribution is 2.29. The molecule has 0 aliphatic carbocycles. The quantitative estimate of drug-likeness (QED) is 0.456. The zero-order valence-electron chi connectivity index (χ0n) is 17.5. The fourth-order valence-electron chi connectivity index (χ4n) is 3.86. The number of aromatic amines is 1. The normalized spacial score (nSPS) is 12.4. The number of benzene rings is 2. The molecule has 7 heteroatoms. The SMILES string of the molecule is CC(=O)Nc1c(C(=O)NC(C)c2nc3ccccc3n2C(C)C)[nH]c2ccccc12. The van der Waals surface area contributed by atoms with Gasteiger partial charge in [0, 0.05) is 23.9 Å². The topological polar surface area (TPSA) is 91.8 Å². The Labute approximate surface area is 174 Å². The monoisotopic (exact) mass is 403 g/mol. The Kier molecular flexibility index (Phi) is 5.03. The number of anilines is 1. The van der Waals surface area contributed by atoms with Crippen LogP contribution in [0.3, 0.4) is 0 Å². The molecule has 0 saturated carbocycles. The molecule has 4 aromatic rings. The van der Waals surface area contributed by atoms with E-state index in [1.54, 1.807) is 0 Å². The van der Waals surface area contributed by atoms with E-state index >= 15 is 0 Å². The number of hydrogen-bond donors (Lipinski definition) is 3. The summed E-state index contributed by atoms with van der Waals surface area (Å²) in [7, 11) is 0. The lowest BCUT2D eigenvalue weighted by Crippen LogP contribution is -2.30. The average Bonchev–Trinajstić information content (AvgIpc) is 3.27. The average molecular weight is 403 g/mol. The zero-order chi connectivity index (χ0) is 21.4. The molecule has 30 heavy (non-hydrogen) atoms. The summed E-state index contributed by atoms with van der Waals surface area (Å²) in [5, 5.41) is 6.62. The highest BCUT2D eigenvalue weighted by atomic mass is 16.2. The number of nitrogens with one attached hydrogen (secondary N) is 3. The van der Waals surface area contributed by atoms with Crippen LogP contribution in [-0.4, -0.2) is 26.3 Å². The highest BCUT2D eigenvalue weighted by Gasteiger charge is 2.24. The van der Waals surface area contributed by atoms with Crippen molar-refractivity contribution in [3.8, 4) is 0 Å². The lowest BCUT2D eigenvalue weighted by molar-refractivity contribution is -0.114. The van der Waals surface area contributed by atoms with E-state index in [0.29, 0.717) is 11.4 Å². The van der Waals surface area contributed by atoms with E-state index in [4.69, 9.17) is 4.98 Å². The van der Waals surface area contributed by atoms with Gasteiger partial charge in [-0.25, -0.2) is 4.98 Å². The molecule has 0 fully saturated rings. The molecule has 0 bridgehead atoms. The van der Waals surface area contributed by atoms with Crippen molar-refractivity contribution in [3.05, 3.63) is 60.0 Å². The number of rotatable bonds is 5. The van der Waals surface area contributed by atoms with E-state index < -0.39 is 0 Å². The van der Waals surface area contributed by atoms with E-state index in [0.717, 1.165) is 27.8 Å². The molecule has 2 heterocycles. The number of carbonyl (C=O) groups excluding carboxylic acids is 2. The number of imidazole rings is 1. The fraction of sp³-hybridized carbons (Fsp3) is 0.261. The molecule has 2 aromatic heterocycles. The van der Waals surface area contributed by atoms with Crippen LogP contribution in [-0.2, 0) is 4.79 Å². The van der Waals surface area contributed by atoms with Gasteiger partial charge in [0.05, 0.1) is 22.8 Å². The van der Waals surface area contributed by atoms with E-state index in [2.05, 4.69) is 34.0 Å². The van der Waals surface area contributed by atoms with Crippen molar-refractivity contribution in [3.63, 3.8) is 0 Å². The molecule has 2 amide bonds. The van der Waals surface area contributed by atoms with E-state index in [1.165, 1.54) is 6.92 Å². The van der Waals surface area contributed by atoms with Gasteiger partial charge in [-0.05, 0) is 39.0 Å². The molecular formula is C23H25N5O2. The second-order valence-electron chi connectivity index (χ2n) is 7.72. The number of H-pyrrole nitrogens is 1. The van der Waals surface area contributed by atoms with Gasteiger partial charge in [-0.15, -0.1) is 0 Å². The number of aromatic nitrogens is 3. The largest absolute Gasteiger partial charge is 0.349 e. The van der Waals surface area contributed by atoms with Gasteiger partial charge in [0.25, 0.3) is 5.91 Å². The summed E-state index contributed by atoms with van der Waals surface area (Å²) < 4.78 is 2.14. The highest BCUT2D eigenvalue weighted by molar-refractivity contribution is 6.12. The standard InChI is InChI=1S/C23H25N5O2/c1-13(2)28-19-12-8-7-11-18(19)27-22(28)14(3)24-23(30)21-20(25-15(4)29)16-9-5-6-10-17(16)26-21/h5-14,26H,1-4H3,(H,24,30)(H,25,29). The first-order valence-electron chi connectivity index (χ1n) is 10.0. The molecular weight excluding hydrogens is 378 g/mol. The van der Waals surface area contributed by atoms with Crippen LogP contribution in [0.5, 0.6) is 0 Å². The third-order valence-corrected chi connectivity index (χ3v) is 5.11. The van der Waals surface area contributed by atoms with Crippen molar-refractivity contribution < 1.29 is 9.59 Å². The summed E-state index contributed by atoms with van der Waals surface area (Å²) in [6.07, 6.45) is 0. The minimum atomic E-state index is -0.330. The number of nitrogens with zero attached hydrogens (tertiary/aromatic N) is 2. The summed E-state index contributed by atoms with van der Waals surface area (Å²) in [6, 6.07) is 15.3. The first kappa shape index (κ1) is 19.7. The number of fused-ring (bicyclic) bond motifs is 2. The molecule has 0 radical (unpaired) electrons. The van der Waals surface area contributed by atoms with Crippen LogP contribution in [0.4, 0.5) is 5.69 Å². The smallest absolute Gasteiger partial charge is 0.270 e. The molecule has 0 aliphatic rings. The predicted molar refractivity (Wildman–Crippen MR) is 119 cm³/mol. The Bertz CT molecular complexity index is 1250. The third kappa shape index (κ3) is 3.43. The number of carbonyl (C=O) groups is 2. The second kappa shape index (κ2) is 7.67. The first-order chi connectivity index (χ1) is 14.4. The minimum Gasteiger partial charge on any atom is -0.349 e. The lowest BCUT2D eigenvalue weighted by atomic mass is 10.2. The van der Waals surface area contributed by atoms with Crippen LogP contribution in [0.25, 0.3) is 21.9 Å². The van der Waals surface area contributed by atoms with Gasteiger partial charge < -0.3 is 20.2 Å². The summed E-state index contributed by atoms with van der Waals surface area (Å²) >= 11 is 0. The first-order valence-corrected chi connectivity index (χ1v) is 10.0. The van der Waals surface area contributed by atoms with Gasteiger partial charge in [0.15, 0.2) is 0 Å². The molecule has 3 N–H and O–H groups in total. The van der Waals surface area contributed by atoms with Crippen LogP contribution >= 0.6 is 0 Å². The maximum Gasteiger partial charge on any atom is 0.270 e. The Balaban J connectivity index is 1.71. The van der Waals surface area contributed by atoms with Gasteiger partial charge in [-0.1, -0.05) is 30.3 Å². The molecule has 1 atom stereocenters. The van der Waals surface area contributed by atoms with Crippen LogP contribution in [0.15, 0.2) is 48.5 Å². The fourth-order valence-corrected chi connectivity index (χ4v) is 3.86. The molecule has 0 spiro atoms. The zero-order valence-corrected chi connectivity index (χ0v) is 17.5. The number of hydrogen-bond acceptors (Lipinski definition) is 3. The van der Waals surface area contributed by atoms with Crippen LogP contribution < -0.4 is 10.6 Å². The number of para-hydroxylation sites is 3. The van der Waals surface area contributed by atoms with Crippen molar-refractivity contribution >= 4 is 39.4 Å². The molecule has 4 rings (SSSR count). The second-order valence-corrected chi connectivity index (χ2v) is 7.72. The van der Waals surface area contributed by atoms with Gasteiger partial charge in [-0.3, -0.25) is 9.59 Å². The maximum atomic E-state index is 13.2. The molecule has 2 aromatic carbocycles. The minimum absolute atomic E-state index is 0.190. The molecule has 154 valence electrons. The van der Waals surface area contributed by atoms with E-state index in [-0.39, 0.29) is 23.9 Å². The van der Waals surface area contributed by atoms with Gasteiger partial charge in [0.2, 0.25) is 5.91 Å². The lowest BCUT2D eigenvalue weighted by Gasteiger charge is -2.19. The molecule has 1 unspecified atom stereocenters. The van der Waals surface area contributed by atoms with Crippen molar-refractivity contribution in [1.29, 1.82) is 0 Å². The Hall–Kier alpha value is -3.61. The van der Waals surface area contributed by atoms with Crippen molar-refractivity contribution in [1.82, 2.24) is 19.9 Å².